The van der Waals surface area contributed by atoms with Crippen LogP contribution in [0.1, 0.15) is 32.3 Å². The van der Waals surface area contributed by atoms with Crippen molar-refractivity contribution in [2.45, 2.75) is 32.1 Å². The number of carbonyl (C=O) groups excluding carboxylic acids is 1. The average Bonchev–Trinajstić information content (AvgIpc) is 3.27. The van der Waals surface area contributed by atoms with Gasteiger partial charge < -0.3 is 10.0 Å². The van der Waals surface area contributed by atoms with E-state index >= 15 is 0 Å². The first-order chi connectivity index (χ1) is 9.58. The van der Waals surface area contributed by atoms with Crippen LogP contribution < -0.4 is 0 Å². The van der Waals surface area contributed by atoms with Crippen LogP contribution in [0.15, 0.2) is 30.3 Å². The third-order valence-electron chi connectivity index (χ3n) is 4.14. The van der Waals surface area contributed by atoms with Gasteiger partial charge in [0.2, 0.25) is 5.91 Å². The molecule has 0 heterocycles. The van der Waals surface area contributed by atoms with E-state index in [2.05, 4.69) is 0 Å². The van der Waals surface area contributed by atoms with Gasteiger partial charge in [0.15, 0.2) is 5.41 Å². The van der Waals surface area contributed by atoms with Crippen molar-refractivity contribution in [2.24, 2.45) is 5.92 Å². The molecule has 108 valence electrons. The molecular formula is C16H21NO3. The highest BCUT2D eigenvalue weighted by Crippen LogP contribution is 2.48. The van der Waals surface area contributed by atoms with Crippen LogP contribution in [0.4, 0.5) is 0 Å². The molecule has 1 aromatic rings. The molecule has 1 fully saturated rings. The number of rotatable bonds is 6. The fraction of sp³-hybridized carbons (Fsp3) is 0.500. The second-order valence-corrected chi connectivity index (χ2v) is 5.23. The lowest BCUT2D eigenvalue weighted by atomic mass is 9.74. The molecule has 1 amide bonds. The first kappa shape index (κ1) is 14.6. The summed E-state index contributed by atoms with van der Waals surface area (Å²) in [5.74, 6) is -1.39. The highest BCUT2D eigenvalue weighted by atomic mass is 16.4. The molecule has 1 unspecified atom stereocenters. The Bertz CT molecular complexity index is 492. The molecule has 0 spiro atoms. The third kappa shape index (κ3) is 2.19. The molecule has 1 atom stereocenters. The molecule has 1 aromatic carbocycles. The first-order valence-corrected chi connectivity index (χ1v) is 7.17. The van der Waals surface area contributed by atoms with Crippen molar-refractivity contribution in [1.82, 2.24) is 4.90 Å². The highest BCUT2D eigenvalue weighted by molar-refractivity contribution is 6.08. The number of likely N-dealkylation sites (N-methyl/N-ethyl adjacent to an activating group) is 1. The van der Waals surface area contributed by atoms with Gasteiger partial charge in [-0.1, -0.05) is 30.3 Å². The predicted molar refractivity (Wildman–Crippen MR) is 76.4 cm³/mol. The molecule has 1 aliphatic carbocycles. The molecule has 2 rings (SSSR count). The second-order valence-electron chi connectivity index (χ2n) is 5.23. The van der Waals surface area contributed by atoms with E-state index in [0.29, 0.717) is 18.7 Å². The molecule has 4 heteroatoms. The summed E-state index contributed by atoms with van der Waals surface area (Å²) in [6, 6.07) is 8.95. The fourth-order valence-electron chi connectivity index (χ4n) is 2.90. The van der Waals surface area contributed by atoms with Crippen LogP contribution >= 0.6 is 0 Å². The number of hydrogen-bond donors (Lipinski definition) is 1. The van der Waals surface area contributed by atoms with Gasteiger partial charge in [-0.25, -0.2) is 0 Å². The Kier molecular flexibility index (Phi) is 4.12. The highest BCUT2D eigenvalue weighted by Gasteiger charge is 2.59. The van der Waals surface area contributed by atoms with Crippen molar-refractivity contribution in [2.75, 3.05) is 13.1 Å². The SMILES string of the molecule is CCN(CC)C(=O)C(C(=O)O)(c1ccccc1)C1CC1. The van der Waals surface area contributed by atoms with Gasteiger partial charge in [0.05, 0.1) is 0 Å². The third-order valence-corrected chi connectivity index (χ3v) is 4.14. The van der Waals surface area contributed by atoms with Crippen molar-refractivity contribution >= 4 is 11.9 Å². The van der Waals surface area contributed by atoms with Crippen molar-refractivity contribution in [1.29, 1.82) is 0 Å². The summed E-state index contributed by atoms with van der Waals surface area (Å²) >= 11 is 0. The van der Waals surface area contributed by atoms with Gasteiger partial charge in [-0.15, -0.1) is 0 Å². The minimum atomic E-state index is -1.41. The Morgan fingerprint density at radius 2 is 1.75 bits per heavy atom. The molecule has 1 aliphatic rings. The van der Waals surface area contributed by atoms with E-state index in [9.17, 15) is 14.7 Å². The van der Waals surface area contributed by atoms with Crippen LogP contribution in [0.5, 0.6) is 0 Å². The standard InChI is InChI=1S/C16H21NO3/c1-3-17(4-2)14(18)16(15(19)20,13-10-11-13)12-8-6-5-7-9-12/h5-9,13H,3-4,10-11H2,1-2H3,(H,19,20). The zero-order valence-corrected chi connectivity index (χ0v) is 12.0. The van der Waals surface area contributed by atoms with Gasteiger partial charge in [0, 0.05) is 13.1 Å². The van der Waals surface area contributed by atoms with Crippen molar-refractivity contribution < 1.29 is 14.7 Å². The van der Waals surface area contributed by atoms with E-state index in [1.54, 1.807) is 29.2 Å². The summed E-state index contributed by atoms with van der Waals surface area (Å²) in [5, 5.41) is 9.85. The van der Waals surface area contributed by atoms with E-state index in [1.165, 1.54) is 0 Å². The Hall–Kier alpha value is -1.84. The number of aliphatic carboxylic acids is 1. The molecule has 0 aliphatic heterocycles. The second kappa shape index (κ2) is 5.65. The molecule has 0 aromatic heterocycles. The molecule has 0 saturated heterocycles. The molecule has 0 bridgehead atoms. The number of carbonyl (C=O) groups is 2. The topological polar surface area (TPSA) is 57.6 Å². The maximum absolute atomic E-state index is 12.9. The summed E-state index contributed by atoms with van der Waals surface area (Å²) in [7, 11) is 0. The number of carboxylic acid groups (broad SMARTS) is 1. The van der Waals surface area contributed by atoms with Gasteiger partial charge in [-0.2, -0.15) is 0 Å². The number of nitrogens with zero attached hydrogens (tertiary/aromatic N) is 1. The lowest BCUT2D eigenvalue weighted by molar-refractivity contribution is -0.155. The smallest absolute Gasteiger partial charge is 0.324 e. The maximum Gasteiger partial charge on any atom is 0.324 e. The van der Waals surface area contributed by atoms with Crippen LogP contribution in [-0.2, 0) is 15.0 Å². The van der Waals surface area contributed by atoms with Crippen LogP contribution in [0, 0.1) is 5.92 Å². The van der Waals surface area contributed by atoms with Gasteiger partial charge in [0.25, 0.3) is 0 Å². The van der Waals surface area contributed by atoms with Gasteiger partial charge in [-0.3, -0.25) is 9.59 Å². The summed E-state index contributed by atoms with van der Waals surface area (Å²) in [6.45, 7) is 4.83. The minimum Gasteiger partial charge on any atom is -0.480 e. The Morgan fingerprint density at radius 3 is 2.15 bits per heavy atom. The molecule has 4 nitrogen and oxygen atoms in total. The van der Waals surface area contributed by atoms with Crippen LogP contribution in [0.2, 0.25) is 0 Å². The van der Waals surface area contributed by atoms with Gasteiger partial charge in [-0.05, 0) is 38.2 Å². The average molecular weight is 275 g/mol. The summed E-state index contributed by atoms with van der Waals surface area (Å²) in [4.78, 5) is 26.6. The molecule has 20 heavy (non-hydrogen) atoms. The number of carboxylic acids is 1. The Morgan fingerprint density at radius 1 is 1.20 bits per heavy atom. The first-order valence-electron chi connectivity index (χ1n) is 7.17. The van der Waals surface area contributed by atoms with Crippen LogP contribution in [0.25, 0.3) is 0 Å². The van der Waals surface area contributed by atoms with E-state index < -0.39 is 11.4 Å². The van der Waals surface area contributed by atoms with E-state index in [4.69, 9.17) is 0 Å². The van der Waals surface area contributed by atoms with Crippen molar-refractivity contribution in [3.05, 3.63) is 35.9 Å². The minimum absolute atomic E-state index is 0.0875. The molecule has 1 saturated carbocycles. The zero-order chi connectivity index (χ0) is 14.8. The maximum atomic E-state index is 12.9. The fourth-order valence-corrected chi connectivity index (χ4v) is 2.90. The van der Waals surface area contributed by atoms with E-state index in [0.717, 1.165) is 12.8 Å². The number of benzene rings is 1. The Labute approximate surface area is 119 Å². The van der Waals surface area contributed by atoms with Gasteiger partial charge in [0.1, 0.15) is 0 Å². The predicted octanol–water partition coefficient (Wildman–Crippen LogP) is 2.29. The molecular weight excluding hydrogens is 254 g/mol. The Balaban J connectivity index is 2.54. The van der Waals surface area contributed by atoms with E-state index in [1.807, 2.05) is 19.9 Å². The monoisotopic (exact) mass is 275 g/mol. The van der Waals surface area contributed by atoms with Crippen molar-refractivity contribution in [3.63, 3.8) is 0 Å². The largest absolute Gasteiger partial charge is 0.480 e. The number of hydrogen-bond acceptors (Lipinski definition) is 2. The lowest BCUT2D eigenvalue weighted by Crippen LogP contribution is -2.53. The summed E-state index contributed by atoms with van der Waals surface area (Å²) < 4.78 is 0. The van der Waals surface area contributed by atoms with E-state index in [-0.39, 0.29) is 11.8 Å². The van der Waals surface area contributed by atoms with Gasteiger partial charge >= 0.3 is 5.97 Å². The molecule has 1 N–H and O–H groups in total. The quantitative estimate of drug-likeness (QED) is 0.810. The zero-order valence-electron chi connectivity index (χ0n) is 12.0. The van der Waals surface area contributed by atoms with Crippen molar-refractivity contribution in [3.8, 4) is 0 Å². The molecule has 0 radical (unpaired) electrons. The van der Waals surface area contributed by atoms with Crippen LogP contribution in [-0.4, -0.2) is 35.0 Å². The normalized spacial score (nSPS) is 17.3. The van der Waals surface area contributed by atoms with Crippen LogP contribution in [0.3, 0.4) is 0 Å². The summed E-state index contributed by atoms with van der Waals surface area (Å²) in [6.07, 6.45) is 1.60. The number of amides is 1. The summed E-state index contributed by atoms with van der Waals surface area (Å²) in [5.41, 5.74) is -0.806. The lowest BCUT2D eigenvalue weighted by Gasteiger charge is -2.34.